The number of aromatic nitrogens is 4. The van der Waals surface area contributed by atoms with Gasteiger partial charge < -0.3 is 10.4 Å². The zero-order valence-electron chi connectivity index (χ0n) is 12.6. The molecule has 0 amide bonds. The van der Waals surface area contributed by atoms with Crippen molar-refractivity contribution in [2.24, 2.45) is 0 Å². The molecule has 1 saturated carbocycles. The van der Waals surface area contributed by atoms with E-state index in [0.29, 0.717) is 24.8 Å². The van der Waals surface area contributed by atoms with Gasteiger partial charge in [-0.15, -0.1) is 5.10 Å². The molecule has 21 heavy (non-hydrogen) atoms. The van der Waals surface area contributed by atoms with Crippen molar-refractivity contribution in [2.75, 3.05) is 12.3 Å². The van der Waals surface area contributed by atoms with Gasteiger partial charge in [-0.05, 0) is 43.2 Å². The van der Waals surface area contributed by atoms with Crippen LogP contribution in [0.15, 0.2) is 5.16 Å². The Balaban J connectivity index is 1.91. The SMILES string of the molecule is CCNC(C)(CCSc1nnnn1C1CCCC1)C(=O)O. The fraction of sp³-hybridized carbons (Fsp3) is 0.846. The first-order valence-corrected chi connectivity index (χ1v) is 8.44. The van der Waals surface area contributed by atoms with E-state index in [2.05, 4.69) is 20.8 Å². The topological polar surface area (TPSA) is 92.9 Å². The predicted octanol–water partition coefficient (Wildman–Crippen LogP) is 1.72. The zero-order valence-corrected chi connectivity index (χ0v) is 13.4. The van der Waals surface area contributed by atoms with Crippen LogP contribution in [0.25, 0.3) is 0 Å². The number of hydrogen-bond donors (Lipinski definition) is 2. The Morgan fingerprint density at radius 3 is 2.86 bits per heavy atom. The second kappa shape index (κ2) is 7.22. The molecule has 1 heterocycles. The van der Waals surface area contributed by atoms with E-state index >= 15 is 0 Å². The molecule has 0 aromatic carbocycles. The van der Waals surface area contributed by atoms with Crippen LogP contribution in [0.3, 0.4) is 0 Å². The Hall–Kier alpha value is -1.15. The smallest absolute Gasteiger partial charge is 0.323 e. The lowest BCUT2D eigenvalue weighted by Crippen LogP contribution is -2.49. The Labute approximate surface area is 128 Å². The molecule has 0 bridgehead atoms. The fourth-order valence-electron chi connectivity index (χ4n) is 2.67. The summed E-state index contributed by atoms with van der Waals surface area (Å²) in [5.74, 6) is -0.150. The number of nitrogens with zero attached hydrogens (tertiary/aromatic N) is 4. The van der Waals surface area contributed by atoms with Crippen molar-refractivity contribution in [3.05, 3.63) is 0 Å². The molecule has 1 unspecified atom stereocenters. The number of hydrogen-bond acceptors (Lipinski definition) is 6. The molecule has 1 aromatic rings. The molecule has 7 nitrogen and oxygen atoms in total. The van der Waals surface area contributed by atoms with Gasteiger partial charge in [0.05, 0.1) is 6.04 Å². The minimum atomic E-state index is -0.895. The third kappa shape index (κ3) is 3.94. The summed E-state index contributed by atoms with van der Waals surface area (Å²) >= 11 is 1.53. The summed E-state index contributed by atoms with van der Waals surface area (Å²) in [5.41, 5.74) is -0.895. The van der Waals surface area contributed by atoms with Crippen LogP contribution in [0.1, 0.15) is 52.0 Å². The molecular formula is C13H23N5O2S. The molecule has 1 atom stereocenters. The van der Waals surface area contributed by atoms with Crippen LogP contribution in [0.4, 0.5) is 0 Å². The van der Waals surface area contributed by atoms with Crippen molar-refractivity contribution in [2.45, 2.75) is 62.7 Å². The number of carbonyl (C=O) groups is 1. The van der Waals surface area contributed by atoms with Crippen molar-refractivity contribution < 1.29 is 9.90 Å². The largest absolute Gasteiger partial charge is 0.480 e. The highest BCUT2D eigenvalue weighted by Gasteiger charge is 2.31. The van der Waals surface area contributed by atoms with Gasteiger partial charge in [-0.3, -0.25) is 4.79 Å². The van der Waals surface area contributed by atoms with Gasteiger partial charge in [-0.2, -0.15) is 0 Å². The van der Waals surface area contributed by atoms with Gasteiger partial charge in [0.15, 0.2) is 0 Å². The van der Waals surface area contributed by atoms with Gasteiger partial charge in [0.2, 0.25) is 5.16 Å². The van der Waals surface area contributed by atoms with Crippen LogP contribution in [-0.2, 0) is 4.79 Å². The highest BCUT2D eigenvalue weighted by atomic mass is 32.2. The van der Waals surface area contributed by atoms with Gasteiger partial charge in [0.25, 0.3) is 0 Å². The van der Waals surface area contributed by atoms with E-state index < -0.39 is 11.5 Å². The standard InChI is InChI=1S/C13H23N5O2S/c1-3-14-13(2,11(19)20)8-9-21-12-15-16-17-18(12)10-6-4-5-7-10/h10,14H,3-9H2,1-2H3,(H,19,20). The van der Waals surface area contributed by atoms with Gasteiger partial charge in [-0.1, -0.05) is 31.5 Å². The number of tetrazole rings is 1. The number of carboxylic acids is 1. The number of carboxylic acid groups (broad SMARTS) is 1. The molecule has 1 aliphatic rings. The molecule has 1 aliphatic carbocycles. The first-order valence-electron chi connectivity index (χ1n) is 7.46. The lowest BCUT2D eigenvalue weighted by molar-refractivity contribution is -0.144. The average molecular weight is 313 g/mol. The summed E-state index contributed by atoms with van der Waals surface area (Å²) in [4.78, 5) is 11.4. The molecule has 8 heteroatoms. The van der Waals surface area contributed by atoms with Crippen molar-refractivity contribution in [3.8, 4) is 0 Å². The molecule has 2 rings (SSSR count). The Morgan fingerprint density at radius 1 is 1.52 bits per heavy atom. The van der Waals surface area contributed by atoms with E-state index in [4.69, 9.17) is 0 Å². The molecular weight excluding hydrogens is 290 g/mol. The van der Waals surface area contributed by atoms with Crippen LogP contribution < -0.4 is 5.32 Å². The summed E-state index contributed by atoms with van der Waals surface area (Å²) < 4.78 is 1.91. The molecule has 0 saturated heterocycles. The molecule has 0 aliphatic heterocycles. The highest BCUT2D eigenvalue weighted by molar-refractivity contribution is 7.99. The third-order valence-corrected chi connectivity index (χ3v) is 4.94. The number of aliphatic carboxylic acids is 1. The van der Waals surface area contributed by atoms with E-state index in [9.17, 15) is 9.90 Å². The van der Waals surface area contributed by atoms with Crippen LogP contribution in [-0.4, -0.2) is 49.1 Å². The predicted molar refractivity (Wildman–Crippen MR) is 80.4 cm³/mol. The quantitative estimate of drug-likeness (QED) is 0.706. The summed E-state index contributed by atoms with van der Waals surface area (Å²) in [7, 11) is 0. The van der Waals surface area contributed by atoms with Crippen LogP contribution in [0.5, 0.6) is 0 Å². The first kappa shape index (κ1) is 16.2. The van der Waals surface area contributed by atoms with Gasteiger partial charge in [0.1, 0.15) is 5.54 Å². The van der Waals surface area contributed by atoms with Crippen LogP contribution in [0.2, 0.25) is 0 Å². The molecule has 0 radical (unpaired) electrons. The van der Waals surface area contributed by atoms with E-state index in [1.54, 1.807) is 6.92 Å². The van der Waals surface area contributed by atoms with E-state index in [0.717, 1.165) is 18.0 Å². The van der Waals surface area contributed by atoms with Crippen LogP contribution in [0, 0.1) is 0 Å². The summed E-state index contributed by atoms with van der Waals surface area (Å²) in [5, 5.41) is 25.1. The zero-order chi connectivity index (χ0) is 15.3. The Kier molecular flexibility index (Phi) is 5.58. The molecule has 0 spiro atoms. The monoisotopic (exact) mass is 313 g/mol. The lowest BCUT2D eigenvalue weighted by Gasteiger charge is -2.25. The van der Waals surface area contributed by atoms with Gasteiger partial charge in [0, 0.05) is 5.75 Å². The summed E-state index contributed by atoms with van der Waals surface area (Å²) in [6.45, 7) is 4.27. The number of rotatable bonds is 8. The minimum Gasteiger partial charge on any atom is -0.480 e. The Bertz CT molecular complexity index is 475. The maximum Gasteiger partial charge on any atom is 0.323 e. The van der Waals surface area contributed by atoms with E-state index in [1.807, 2.05) is 11.6 Å². The van der Waals surface area contributed by atoms with Gasteiger partial charge >= 0.3 is 5.97 Å². The van der Waals surface area contributed by atoms with Crippen molar-refractivity contribution in [3.63, 3.8) is 0 Å². The van der Waals surface area contributed by atoms with Crippen LogP contribution >= 0.6 is 11.8 Å². The van der Waals surface area contributed by atoms with Gasteiger partial charge in [-0.25, -0.2) is 4.68 Å². The average Bonchev–Trinajstić information content (AvgIpc) is 3.08. The van der Waals surface area contributed by atoms with Crippen molar-refractivity contribution >= 4 is 17.7 Å². The Morgan fingerprint density at radius 2 is 2.24 bits per heavy atom. The third-order valence-electron chi connectivity index (χ3n) is 4.01. The summed E-state index contributed by atoms with van der Waals surface area (Å²) in [6.07, 6.45) is 5.24. The number of likely N-dealkylation sites (N-methyl/N-ethyl adjacent to an activating group) is 1. The second-order valence-corrected chi connectivity index (χ2v) is 6.67. The normalized spacial score (nSPS) is 18.8. The highest BCUT2D eigenvalue weighted by Crippen LogP contribution is 2.31. The maximum absolute atomic E-state index is 11.4. The fourth-order valence-corrected chi connectivity index (χ4v) is 3.77. The minimum absolute atomic E-state index is 0.405. The van der Waals surface area contributed by atoms with Crippen molar-refractivity contribution in [1.82, 2.24) is 25.5 Å². The molecule has 118 valence electrons. The summed E-state index contributed by atoms with van der Waals surface area (Å²) in [6, 6.07) is 0.405. The van der Waals surface area contributed by atoms with E-state index in [1.165, 1.54) is 24.6 Å². The first-order chi connectivity index (χ1) is 10.1. The molecule has 1 aromatic heterocycles. The lowest BCUT2D eigenvalue weighted by atomic mass is 9.99. The molecule has 2 N–H and O–H groups in total. The second-order valence-electron chi connectivity index (χ2n) is 5.61. The van der Waals surface area contributed by atoms with E-state index in [-0.39, 0.29) is 0 Å². The van der Waals surface area contributed by atoms with Crippen molar-refractivity contribution in [1.29, 1.82) is 0 Å². The maximum atomic E-state index is 11.4. The number of nitrogens with one attached hydrogen (secondary N) is 1. The number of thioether (sulfide) groups is 1. The molecule has 1 fully saturated rings.